The van der Waals surface area contributed by atoms with Gasteiger partial charge in [0.05, 0.1) is 6.04 Å². The van der Waals surface area contributed by atoms with Crippen LogP contribution in [0.15, 0.2) is 65.8 Å². The van der Waals surface area contributed by atoms with Crippen molar-refractivity contribution in [1.82, 2.24) is 5.32 Å². The summed E-state index contributed by atoms with van der Waals surface area (Å²) in [5.41, 5.74) is 11.3. The molecule has 1 fully saturated rings. The highest BCUT2D eigenvalue weighted by molar-refractivity contribution is 5.68. The van der Waals surface area contributed by atoms with Crippen LogP contribution in [0, 0.1) is 0 Å². The molecule has 0 heterocycles. The minimum absolute atomic E-state index is 0.0306. The second kappa shape index (κ2) is 11.9. The molecule has 1 N–H and O–H groups in total. The number of ether oxygens (including phenoxy) is 1. The van der Waals surface area contributed by atoms with Gasteiger partial charge in [-0.25, -0.2) is 4.79 Å². The van der Waals surface area contributed by atoms with E-state index in [1.807, 2.05) is 60.7 Å². The van der Waals surface area contributed by atoms with Crippen LogP contribution in [0.1, 0.15) is 49.7 Å². The Balaban J connectivity index is 1.73. The lowest BCUT2D eigenvalue weighted by atomic mass is 9.95. The fraction of sp³-hybridized carbons (Fsp3) is 0.458. The van der Waals surface area contributed by atoms with E-state index in [1.54, 1.807) is 0 Å². The second-order valence-electron chi connectivity index (χ2n) is 7.92. The summed E-state index contributed by atoms with van der Waals surface area (Å²) < 4.78 is 5.73. The first-order chi connectivity index (χ1) is 14.7. The smallest absolute Gasteiger partial charge is 0.407 e. The number of azide groups is 1. The lowest BCUT2D eigenvalue weighted by Crippen LogP contribution is -2.46. The number of carbonyl (C=O) groups excluding carboxylic acids is 1. The van der Waals surface area contributed by atoms with E-state index in [9.17, 15) is 10.3 Å². The van der Waals surface area contributed by atoms with Crippen molar-refractivity contribution in [3.05, 3.63) is 82.2 Å². The third kappa shape index (κ3) is 7.12. The van der Waals surface area contributed by atoms with E-state index in [0.717, 1.165) is 36.8 Å². The highest BCUT2D eigenvalue weighted by Crippen LogP contribution is 2.20. The molecule has 3 rings (SSSR count). The van der Waals surface area contributed by atoms with Crippen molar-refractivity contribution in [2.75, 3.05) is 0 Å². The minimum Gasteiger partial charge on any atom is -0.446 e. The van der Waals surface area contributed by atoms with E-state index in [-0.39, 0.29) is 12.1 Å². The van der Waals surface area contributed by atoms with Gasteiger partial charge in [-0.15, -0.1) is 0 Å². The summed E-state index contributed by atoms with van der Waals surface area (Å²) >= 11 is 0. The van der Waals surface area contributed by atoms with Crippen molar-refractivity contribution in [3.63, 3.8) is 0 Å². The van der Waals surface area contributed by atoms with Gasteiger partial charge < -0.3 is 10.1 Å². The molecule has 1 aliphatic rings. The van der Waals surface area contributed by atoms with Gasteiger partial charge >= 0.3 is 6.09 Å². The SMILES string of the molecule is [N-]=[N+]=N[C@@H](Cc1ccccc1)[C@H](Cc1ccccc1)NC(=O)OC1CCCCCC1. The van der Waals surface area contributed by atoms with Crippen LogP contribution in [0.5, 0.6) is 0 Å². The zero-order valence-corrected chi connectivity index (χ0v) is 17.3. The summed E-state index contributed by atoms with van der Waals surface area (Å²) in [6.45, 7) is 0. The Hall–Kier alpha value is -2.98. The third-order valence-electron chi connectivity index (χ3n) is 5.63. The Morgan fingerprint density at radius 2 is 1.53 bits per heavy atom. The lowest BCUT2D eigenvalue weighted by Gasteiger charge is -2.26. The number of nitrogens with one attached hydrogen (secondary N) is 1. The Morgan fingerprint density at radius 1 is 0.967 bits per heavy atom. The zero-order valence-electron chi connectivity index (χ0n) is 17.3. The monoisotopic (exact) mass is 406 g/mol. The van der Waals surface area contributed by atoms with E-state index in [4.69, 9.17) is 4.74 Å². The number of hydrogen-bond acceptors (Lipinski definition) is 3. The summed E-state index contributed by atoms with van der Waals surface area (Å²) in [7, 11) is 0. The summed E-state index contributed by atoms with van der Waals surface area (Å²) in [5.74, 6) is 0. The van der Waals surface area contributed by atoms with Crippen molar-refractivity contribution in [2.45, 2.75) is 69.6 Å². The minimum atomic E-state index is -0.422. The molecule has 0 unspecified atom stereocenters. The number of carbonyl (C=O) groups is 1. The summed E-state index contributed by atoms with van der Waals surface area (Å²) in [4.78, 5) is 15.8. The molecule has 0 saturated heterocycles. The standard InChI is InChI=1S/C24H30N4O2/c25-28-27-23(18-20-13-7-4-8-14-20)22(17-19-11-5-3-6-12-19)26-24(29)30-21-15-9-1-2-10-16-21/h3-8,11-14,21-23H,1-2,9-10,15-18H2,(H,26,29)/t22-,23-/m0/s1. The maximum Gasteiger partial charge on any atom is 0.407 e. The zero-order chi connectivity index (χ0) is 21.0. The van der Waals surface area contributed by atoms with E-state index in [1.165, 1.54) is 12.8 Å². The van der Waals surface area contributed by atoms with Gasteiger partial charge in [0.1, 0.15) is 6.10 Å². The molecule has 2 aromatic rings. The Morgan fingerprint density at radius 3 is 2.10 bits per heavy atom. The summed E-state index contributed by atoms with van der Waals surface area (Å²) in [6.07, 6.45) is 7.10. The molecule has 0 radical (unpaired) electrons. The first kappa shape index (κ1) is 21.7. The number of benzene rings is 2. The number of amides is 1. The summed E-state index contributed by atoms with van der Waals surface area (Å²) in [6, 6.07) is 19.0. The third-order valence-corrected chi connectivity index (χ3v) is 5.63. The van der Waals surface area contributed by atoms with Crippen molar-refractivity contribution in [3.8, 4) is 0 Å². The highest BCUT2D eigenvalue weighted by Gasteiger charge is 2.25. The number of nitrogens with zero attached hydrogens (tertiary/aromatic N) is 3. The van der Waals surface area contributed by atoms with Gasteiger partial charge in [-0.2, -0.15) is 0 Å². The molecule has 0 aliphatic heterocycles. The molecule has 1 aliphatic carbocycles. The summed E-state index contributed by atoms with van der Waals surface area (Å²) in [5, 5.41) is 7.05. The van der Waals surface area contributed by atoms with Gasteiger partial charge in [0.2, 0.25) is 0 Å². The van der Waals surface area contributed by atoms with E-state index in [2.05, 4.69) is 15.3 Å². The average Bonchev–Trinajstić information content (AvgIpc) is 3.03. The topological polar surface area (TPSA) is 87.1 Å². The van der Waals surface area contributed by atoms with E-state index < -0.39 is 12.1 Å². The fourth-order valence-corrected chi connectivity index (χ4v) is 4.03. The lowest BCUT2D eigenvalue weighted by molar-refractivity contribution is 0.0849. The second-order valence-corrected chi connectivity index (χ2v) is 7.92. The van der Waals surface area contributed by atoms with Crippen LogP contribution in [-0.4, -0.2) is 24.3 Å². The quantitative estimate of drug-likeness (QED) is 0.253. The molecule has 30 heavy (non-hydrogen) atoms. The van der Waals surface area contributed by atoms with Crippen LogP contribution in [0.4, 0.5) is 4.79 Å². The molecule has 1 amide bonds. The molecular weight excluding hydrogens is 376 g/mol. The van der Waals surface area contributed by atoms with E-state index >= 15 is 0 Å². The van der Waals surface area contributed by atoms with Crippen LogP contribution in [0.3, 0.4) is 0 Å². The first-order valence-corrected chi connectivity index (χ1v) is 10.8. The van der Waals surface area contributed by atoms with Crippen molar-refractivity contribution in [2.24, 2.45) is 5.11 Å². The van der Waals surface area contributed by atoms with Crippen LogP contribution in [0.2, 0.25) is 0 Å². The van der Waals surface area contributed by atoms with Gasteiger partial charge in [-0.3, -0.25) is 0 Å². The van der Waals surface area contributed by atoms with Gasteiger partial charge in [-0.1, -0.05) is 78.6 Å². The predicted molar refractivity (Wildman–Crippen MR) is 118 cm³/mol. The van der Waals surface area contributed by atoms with Gasteiger partial charge in [-0.05, 0) is 55.2 Å². The Bertz CT molecular complexity index is 814. The van der Waals surface area contributed by atoms with E-state index in [0.29, 0.717) is 12.8 Å². The molecular formula is C24H30N4O2. The van der Waals surface area contributed by atoms with Gasteiger partial charge in [0, 0.05) is 11.0 Å². The molecule has 2 aromatic carbocycles. The Kier molecular flexibility index (Phi) is 8.61. The van der Waals surface area contributed by atoms with Crippen LogP contribution in [-0.2, 0) is 17.6 Å². The van der Waals surface area contributed by atoms with Crippen LogP contribution < -0.4 is 5.32 Å². The molecule has 6 heteroatoms. The highest BCUT2D eigenvalue weighted by atomic mass is 16.6. The molecule has 0 spiro atoms. The fourth-order valence-electron chi connectivity index (χ4n) is 4.03. The molecule has 1 saturated carbocycles. The van der Waals surface area contributed by atoms with Crippen molar-refractivity contribution < 1.29 is 9.53 Å². The number of rotatable bonds is 8. The van der Waals surface area contributed by atoms with Gasteiger partial charge in [0.15, 0.2) is 0 Å². The number of alkyl carbamates (subject to hydrolysis) is 1. The van der Waals surface area contributed by atoms with Crippen molar-refractivity contribution >= 4 is 6.09 Å². The molecule has 2 atom stereocenters. The Labute approximate surface area is 178 Å². The van der Waals surface area contributed by atoms with Gasteiger partial charge in [0.25, 0.3) is 0 Å². The normalized spacial score (nSPS) is 16.5. The van der Waals surface area contributed by atoms with Crippen LogP contribution >= 0.6 is 0 Å². The van der Waals surface area contributed by atoms with Crippen molar-refractivity contribution in [1.29, 1.82) is 0 Å². The molecule has 0 aromatic heterocycles. The molecule has 6 nitrogen and oxygen atoms in total. The maximum atomic E-state index is 12.7. The molecule has 158 valence electrons. The average molecular weight is 407 g/mol. The van der Waals surface area contributed by atoms with Crippen LogP contribution in [0.25, 0.3) is 10.4 Å². The predicted octanol–water partition coefficient (Wildman–Crippen LogP) is 5.97. The first-order valence-electron chi connectivity index (χ1n) is 10.8. The number of hydrogen-bond donors (Lipinski definition) is 1. The molecule has 0 bridgehead atoms. The largest absolute Gasteiger partial charge is 0.446 e. The maximum absolute atomic E-state index is 12.7.